The van der Waals surface area contributed by atoms with Crippen LogP contribution in [-0.4, -0.2) is 30.5 Å². The summed E-state index contributed by atoms with van der Waals surface area (Å²) in [4.78, 5) is 21.4. The molecule has 0 spiro atoms. The zero-order valence-electron chi connectivity index (χ0n) is 7.29. The molecule has 0 rings (SSSR count). The van der Waals surface area contributed by atoms with Gasteiger partial charge < -0.3 is 9.47 Å². The molecule has 0 heterocycles. The van der Waals surface area contributed by atoms with E-state index in [0.29, 0.717) is 0 Å². The molecule has 0 saturated carbocycles. The molecule has 5 heteroatoms. The Morgan fingerprint density at radius 2 is 2.15 bits per heavy atom. The lowest BCUT2D eigenvalue weighted by atomic mass is 10.4. The molecule has 1 atom stereocenters. The number of carbonyl (C=O) groups is 2. The van der Waals surface area contributed by atoms with Crippen LogP contribution in [0.5, 0.6) is 0 Å². The molecular weight excluding hydrogens is 196 g/mol. The summed E-state index contributed by atoms with van der Waals surface area (Å²) >= 11 is 5.53. The quantitative estimate of drug-likeness (QED) is 0.381. The molecule has 0 N–H and O–H groups in total. The van der Waals surface area contributed by atoms with Crippen molar-refractivity contribution in [2.75, 3.05) is 13.2 Å². The second kappa shape index (κ2) is 6.48. The molecule has 0 bridgehead atoms. The Balaban J connectivity index is 3.73. The fourth-order valence-electron chi connectivity index (χ4n) is 0.515. The van der Waals surface area contributed by atoms with E-state index in [4.69, 9.17) is 11.6 Å². The minimum absolute atomic E-state index is 0.203. The maximum atomic E-state index is 10.9. The zero-order chi connectivity index (χ0) is 10.3. The first-order valence-corrected chi connectivity index (χ1v) is 4.15. The molecule has 13 heavy (non-hydrogen) atoms. The van der Waals surface area contributed by atoms with E-state index in [1.165, 1.54) is 0 Å². The molecule has 0 aliphatic carbocycles. The Bertz CT molecular complexity index is 202. The standard InChI is InChI=1S/C8H11ClO4/c1-3-7(10)13-5-6(9)8(11)12-4-2/h3,6H,1,4-5H2,2H3. The van der Waals surface area contributed by atoms with E-state index in [0.717, 1.165) is 6.08 Å². The van der Waals surface area contributed by atoms with Crippen LogP contribution in [0.15, 0.2) is 12.7 Å². The summed E-state index contributed by atoms with van der Waals surface area (Å²) in [6.45, 7) is 4.89. The van der Waals surface area contributed by atoms with E-state index in [1.54, 1.807) is 6.92 Å². The maximum Gasteiger partial charge on any atom is 0.330 e. The molecule has 0 aromatic heterocycles. The van der Waals surface area contributed by atoms with Crippen LogP contribution in [0.1, 0.15) is 6.92 Å². The van der Waals surface area contributed by atoms with Crippen LogP contribution >= 0.6 is 11.6 Å². The average Bonchev–Trinajstić information content (AvgIpc) is 2.13. The second-order valence-electron chi connectivity index (χ2n) is 2.05. The van der Waals surface area contributed by atoms with Gasteiger partial charge in [0, 0.05) is 6.08 Å². The Hall–Kier alpha value is -1.03. The number of ether oxygens (including phenoxy) is 2. The van der Waals surface area contributed by atoms with Gasteiger partial charge in [0.15, 0.2) is 5.38 Å². The van der Waals surface area contributed by atoms with Crippen LogP contribution in [0.2, 0.25) is 0 Å². The summed E-state index contributed by atoms with van der Waals surface area (Å²) in [5.41, 5.74) is 0. The number of hydrogen-bond acceptors (Lipinski definition) is 4. The SMILES string of the molecule is C=CC(=O)OCC(Cl)C(=O)OCC. The van der Waals surface area contributed by atoms with Crippen molar-refractivity contribution in [3.05, 3.63) is 12.7 Å². The van der Waals surface area contributed by atoms with Gasteiger partial charge in [-0.3, -0.25) is 4.79 Å². The van der Waals surface area contributed by atoms with Gasteiger partial charge in [-0.1, -0.05) is 6.58 Å². The molecule has 0 saturated heterocycles. The highest BCUT2D eigenvalue weighted by atomic mass is 35.5. The van der Waals surface area contributed by atoms with Gasteiger partial charge in [-0.05, 0) is 6.92 Å². The predicted octanol–water partition coefficient (Wildman–Crippen LogP) is 0.886. The van der Waals surface area contributed by atoms with Crippen molar-refractivity contribution in [2.45, 2.75) is 12.3 Å². The largest absolute Gasteiger partial charge is 0.465 e. The van der Waals surface area contributed by atoms with E-state index < -0.39 is 17.3 Å². The minimum atomic E-state index is -0.955. The van der Waals surface area contributed by atoms with Crippen molar-refractivity contribution < 1.29 is 19.1 Å². The van der Waals surface area contributed by atoms with Gasteiger partial charge in [-0.15, -0.1) is 11.6 Å². The van der Waals surface area contributed by atoms with Crippen LogP contribution in [0, 0.1) is 0 Å². The highest BCUT2D eigenvalue weighted by Crippen LogP contribution is 2.00. The van der Waals surface area contributed by atoms with E-state index in [-0.39, 0.29) is 13.2 Å². The molecule has 0 aliphatic heterocycles. The molecule has 0 fully saturated rings. The lowest BCUT2D eigenvalue weighted by molar-refractivity contribution is -0.146. The number of hydrogen-bond donors (Lipinski definition) is 0. The lowest BCUT2D eigenvalue weighted by Crippen LogP contribution is -2.24. The third kappa shape index (κ3) is 5.25. The lowest BCUT2D eigenvalue weighted by Gasteiger charge is -2.07. The van der Waals surface area contributed by atoms with Gasteiger partial charge in [-0.25, -0.2) is 4.79 Å². The Labute approximate surface area is 81.5 Å². The second-order valence-corrected chi connectivity index (χ2v) is 2.58. The summed E-state index contributed by atoms with van der Waals surface area (Å²) < 4.78 is 9.11. The van der Waals surface area contributed by atoms with Gasteiger partial charge in [-0.2, -0.15) is 0 Å². The number of carbonyl (C=O) groups excluding carboxylic acids is 2. The van der Waals surface area contributed by atoms with E-state index in [1.807, 2.05) is 0 Å². The molecule has 0 aliphatic rings. The first-order valence-electron chi connectivity index (χ1n) is 3.71. The molecule has 0 amide bonds. The van der Waals surface area contributed by atoms with E-state index in [2.05, 4.69) is 16.1 Å². The Morgan fingerprint density at radius 3 is 2.62 bits per heavy atom. The van der Waals surface area contributed by atoms with Gasteiger partial charge in [0.2, 0.25) is 0 Å². The third-order valence-corrected chi connectivity index (χ3v) is 1.39. The highest BCUT2D eigenvalue weighted by molar-refractivity contribution is 6.30. The van der Waals surface area contributed by atoms with Crippen molar-refractivity contribution in [3.8, 4) is 0 Å². The van der Waals surface area contributed by atoms with Crippen molar-refractivity contribution >= 4 is 23.5 Å². The van der Waals surface area contributed by atoms with Gasteiger partial charge >= 0.3 is 11.9 Å². The Morgan fingerprint density at radius 1 is 1.54 bits per heavy atom. The first kappa shape index (κ1) is 12.0. The number of rotatable bonds is 5. The van der Waals surface area contributed by atoms with Gasteiger partial charge in [0.05, 0.1) is 6.61 Å². The Kier molecular flexibility index (Phi) is 5.97. The molecule has 74 valence electrons. The summed E-state index contributed by atoms with van der Waals surface area (Å²) in [5.74, 6) is -1.21. The molecule has 4 nitrogen and oxygen atoms in total. The normalized spacial score (nSPS) is 11.5. The van der Waals surface area contributed by atoms with Crippen LogP contribution in [0.3, 0.4) is 0 Å². The fourth-order valence-corrected chi connectivity index (χ4v) is 0.641. The summed E-state index contributed by atoms with van der Waals surface area (Å²) in [5, 5.41) is -0.955. The van der Waals surface area contributed by atoms with E-state index >= 15 is 0 Å². The molecule has 0 radical (unpaired) electrons. The van der Waals surface area contributed by atoms with Crippen LogP contribution in [0.4, 0.5) is 0 Å². The average molecular weight is 207 g/mol. The molecule has 0 aromatic carbocycles. The van der Waals surface area contributed by atoms with Gasteiger partial charge in [0.25, 0.3) is 0 Å². The maximum absolute atomic E-state index is 10.9. The van der Waals surface area contributed by atoms with Crippen molar-refractivity contribution in [2.24, 2.45) is 0 Å². The number of alkyl halides is 1. The highest BCUT2D eigenvalue weighted by Gasteiger charge is 2.17. The zero-order valence-corrected chi connectivity index (χ0v) is 8.04. The van der Waals surface area contributed by atoms with Crippen molar-refractivity contribution in [3.63, 3.8) is 0 Å². The fraction of sp³-hybridized carbons (Fsp3) is 0.500. The van der Waals surface area contributed by atoms with Crippen LogP contribution in [0.25, 0.3) is 0 Å². The summed E-state index contributed by atoms with van der Waals surface area (Å²) in [6, 6.07) is 0. The van der Waals surface area contributed by atoms with E-state index in [9.17, 15) is 9.59 Å². The molecule has 1 unspecified atom stereocenters. The van der Waals surface area contributed by atoms with Crippen molar-refractivity contribution in [1.29, 1.82) is 0 Å². The number of esters is 2. The topological polar surface area (TPSA) is 52.6 Å². The number of halogens is 1. The molecular formula is C8H11ClO4. The van der Waals surface area contributed by atoms with Crippen LogP contribution < -0.4 is 0 Å². The monoisotopic (exact) mass is 206 g/mol. The van der Waals surface area contributed by atoms with Crippen LogP contribution in [-0.2, 0) is 19.1 Å². The smallest absolute Gasteiger partial charge is 0.330 e. The first-order chi connectivity index (χ1) is 6.11. The summed E-state index contributed by atoms with van der Waals surface area (Å²) in [7, 11) is 0. The third-order valence-electron chi connectivity index (χ3n) is 1.08. The van der Waals surface area contributed by atoms with Gasteiger partial charge in [0.1, 0.15) is 6.61 Å². The van der Waals surface area contributed by atoms with Crippen molar-refractivity contribution in [1.82, 2.24) is 0 Å². The predicted molar refractivity (Wildman–Crippen MR) is 47.4 cm³/mol. The minimum Gasteiger partial charge on any atom is -0.465 e. The molecule has 0 aromatic rings. The summed E-state index contributed by atoms with van der Waals surface area (Å²) in [6.07, 6.45) is 0.995.